The summed E-state index contributed by atoms with van der Waals surface area (Å²) in [5.74, 6) is 0.545. The summed E-state index contributed by atoms with van der Waals surface area (Å²) >= 11 is 3.31. The largest absolute Gasteiger partial charge is 0.365 e. The molecule has 7 nitrogen and oxygen atoms in total. The number of pyridine rings is 1. The summed E-state index contributed by atoms with van der Waals surface area (Å²) in [4.78, 5) is 14.4. The monoisotopic (exact) mass is 387 g/mol. The van der Waals surface area contributed by atoms with E-state index in [1.807, 2.05) is 43.6 Å². The van der Waals surface area contributed by atoms with Crippen molar-refractivity contribution in [2.24, 2.45) is 7.05 Å². The van der Waals surface area contributed by atoms with E-state index in [2.05, 4.69) is 31.3 Å². The van der Waals surface area contributed by atoms with Crippen molar-refractivity contribution in [1.29, 1.82) is 0 Å². The van der Waals surface area contributed by atoms with Gasteiger partial charge in [-0.25, -0.2) is 4.98 Å². The van der Waals surface area contributed by atoms with E-state index in [1.165, 1.54) is 12.3 Å². The molecule has 0 aliphatic rings. The topological polar surface area (TPSA) is 85.9 Å². The van der Waals surface area contributed by atoms with Crippen LogP contribution in [0.2, 0.25) is 0 Å². The summed E-state index contributed by atoms with van der Waals surface area (Å²) in [5, 5.41) is 18.5. The molecule has 3 rings (SSSR count). The molecule has 0 fully saturated rings. The second-order valence-corrected chi connectivity index (χ2v) is 6.03. The van der Waals surface area contributed by atoms with E-state index in [0.29, 0.717) is 16.8 Å². The van der Waals surface area contributed by atoms with Crippen molar-refractivity contribution in [3.8, 4) is 11.3 Å². The minimum Gasteiger partial charge on any atom is -0.365 e. The van der Waals surface area contributed by atoms with Crippen LogP contribution in [0.3, 0.4) is 0 Å². The maximum absolute atomic E-state index is 10.8. The Morgan fingerprint density at radius 3 is 2.75 bits per heavy atom. The molecule has 1 aromatic carbocycles. The zero-order chi connectivity index (χ0) is 17.1. The maximum Gasteiger partial charge on any atom is 0.288 e. The third kappa shape index (κ3) is 3.43. The predicted molar refractivity (Wildman–Crippen MR) is 94.6 cm³/mol. The molecule has 0 aliphatic carbocycles. The van der Waals surface area contributed by atoms with Gasteiger partial charge in [-0.2, -0.15) is 5.10 Å². The fourth-order valence-electron chi connectivity index (χ4n) is 2.34. The summed E-state index contributed by atoms with van der Waals surface area (Å²) in [6.07, 6.45) is 3.17. The molecule has 0 saturated carbocycles. The van der Waals surface area contributed by atoms with Crippen molar-refractivity contribution in [2.75, 3.05) is 5.32 Å². The first-order valence-corrected chi connectivity index (χ1v) is 7.95. The molecular weight excluding hydrogens is 374 g/mol. The van der Waals surface area contributed by atoms with Crippen molar-refractivity contribution in [1.82, 2.24) is 14.8 Å². The number of rotatable bonds is 5. The van der Waals surface area contributed by atoms with Crippen molar-refractivity contribution in [3.63, 3.8) is 0 Å². The number of nitrogens with one attached hydrogen (secondary N) is 1. The number of hydrogen-bond donors (Lipinski definition) is 1. The minimum atomic E-state index is -0.476. The van der Waals surface area contributed by atoms with Crippen LogP contribution in [0.5, 0.6) is 0 Å². The van der Waals surface area contributed by atoms with Crippen molar-refractivity contribution in [2.45, 2.75) is 6.54 Å². The Labute approximate surface area is 146 Å². The number of nitro groups is 1. The van der Waals surface area contributed by atoms with Crippen LogP contribution in [0.4, 0.5) is 11.5 Å². The molecule has 2 heterocycles. The maximum atomic E-state index is 10.8. The molecule has 1 N–H and O–H groups in total. The Bertz CT molecular complexity index is 879. The number of halogens is 1. The molecule has 0 amide bonds. The van der Waals surface area contributed by atoms with Gasteiger partial charge in [-0.3, -0.25) is 14.8 Å². The lowest BCUT2D eigenvalue weighted by molar-refractivity contribution is -0.385. The first-order chi connectivity index (χ1) is 11.5. The van der Waals surface area contributed by atoms with E-state index in [9.17, 15) is 10.1 Å². The highest BCUT2D eigenvalue weighted by Gasteiger charge is 2.13. The quantitative estimate of drug-likeness (QED) is 0.531. The summed E-state index contributed by atoms with van der Waals surface area (Å²) < 4.78 is 2.30. The van der Waals surface area contributed by atoms with Gasteiger partial charge >= 0.3 is 0 Å². The van der Waals surface area contributed by atoms with Gasteiger partial charge in [0, 0.05) is 37.0 Å². The van der Waals surface area contributed by atoms with Crippen LogP contribution in [0, 0.1) is 10.1 Å². The number of benzene rings is 1. The number of hydrogen-bond acceptors (Lipinski definition) is 5. The molecule has 2 aromatic heterocycles. The molecule has 0 saturated heterocycles. The van der Waals surface area contributed by atoms with E-state index in [1.54, 1.807) is 4.68 Å². The molecule has 0 spiro atoms. The summed E-state index contributed by atoms with van der Waals surface area (Å²) in [5.41, 5.74) is 2.88. The summed E-state index contributed by atoms with van der Waals surface area (Å²) in [7, 11) is 1.87. The van der Waals surface area contributed by atoms with E-state index < -0.39 is 4.92 Å². The summed E-state index contributed by atoms with van der Waals surface area (Å²) in [6, 6.07) is 11.3. The van der Waals surface area contributed by atoms with E-state index in [-0.39, 0.29) is 5.69 Å². The van der Waals surface area contributed by atoms with E-state index in [4.69, 9.17) is 0 Å². The number of nitrogens with zero attached hydrogens (tertiary/aromatic N) is 4. The Morgan fingerprint density at radius 2 is 2.08 bits per heavy atom. The fourth-order valence-corrected chi connectivity index (χ4v) is 2.82. The second-order valence-electron chi connectivity index (χ2n) is 5.18. The molecule has 8 heteroatoms. The van der Waals surface area contributed by atoms with Crippen molar-refractivity contribution >= 4 is 27.4 Å². The van der Waals surface area contributed by atoms with Crippen LogP contribution in [-0.2, 0) is 13.6 Å². The van der Waals surface area contributed by atoms with Gasteiger partial charge in [0.2, 0.25) is 0 Å². The van der Waals surface area contributed by atoms with Crippen LogP contribution in [-0.4, -0.2) is 19.7 Å². The first-order valence-electron chi connectivity index (χ1n) is 7.16. The predicted octanol–water partition coefficient (Wildman–Crippen LogP) is 3.76. The molecule has 0 radical (unpaired) electrons. The van der Waals surface area contributed by atoms with Crippen LogP contribution < -0.4 is 5.32 Å². The Morgan fingerprint density at radius 1 is 1.33 bits per heavy atom. The third-order valence-electron chi connectivity index (χ3n) is 3.44. The Hall–Kier alpha value is -2.74. The average Bonchev–Trinajstić information content (AvgIpc) is 2.95. The van der Waals surface area contributed by atoms with Gasteiger partial charge in [0.25, 0.3) is 5.69 Å². The van der Waals surface area contributed by atoms with Gasteiger partial charge in [0.05, 0.1) is 15.1 Å². The van der Waals surface area contributed by atoms with Gasteiger partial charge in [-0.1, -0.05) is 30.3 Å². The molecule has 24 heavy (non-hydrogen) atoms. The zero-order valence-corrected chi connectivity index (χ0v) is 14.4. The Kier molecular flexibility index (Phi) is 4.57. The zero-order valence-electron chi connectivity index (χ0n) is 12.8. The van der Waals surface area contributed by atoms with Crippen LogP contribution in [0.25, 0.3) is 11.3 Å². The smallest absolute Gasteiger partial charge is 0.288 e. The van der Waals surface area contributed by atoms with E-state index >= 15 is 0 Å². The lowest BCUT2D eigenvalue weighted by Crippen LogP contribution is -2.03. The van der Waals surface area contributed by atoms with Gasteiger partial charge in [-0.05, 0) is 15.9 Å². The normalized spacial score (nSPS) is 10.6. The van der Waals surface area contributed by atoms with Crippen LogP contribution >= 0.6 is 15.9 Å². The highest BCUT2D eigenvalue weighted by Crippen LogP contribution is 2.26. The molecule has 0 aliphatic heterocycles. The third-order valence-corrected chi connectivity index (χ3v) is 4.04. The molecule has 0 unspecified atom stereocenters. The average molecular weight is 388 g/mol. The number of aryl methyl sites for hydroxylation is 1. The van der Waals surface area contributed by atoms with Gasteiger partial charge < -0.3 is 5.32 Å². The van der Waals surface area contributed by atoms with Crippen LogP contribution in [0.15, 0.2) is 53.3 Å². The molecular formula is C16H14BrN5O2. The van der Waals surface area contributed by atoms with E-state index in [0.717, 1.165) is 16.8 Å². The SMILES string of the molecule is Cn1cc(CNc2ncc([N+](=O)[O-])cc2Br)c(-c2ccccc2)n1. The van der Waals surface area contributed by atoms with Crippen LogP contribution in [0.1, 0.15) is 5.56 Å². The molecule has 122 valence electrons. The lowest BCUT2D eigenvalue weighted by atomic mass is 10.1. The van der Waals surface area contributed by atoms with Crippen molar-refractivity contribution < 1.29 is 4.92 Å². The number of anilines is 1. The van der Waals surface area contributed by atoms with Crippen molar-refractivity contribution in [3.05, 3.63) is 68.9 Å². The fraction of sp³-hybridized carbons (Fsp3) is 0.125. The highest BCUT2D eigenvalue weighted by molar-refractivity contribution is 9.10. The standard InChI is InChI=1S/C16H14BrN5O2/c1-21-10-12(15(20-21)11-5-3-2-4-6-11)8-18-16-14(17)7-13(9-19-16)22(23)24/h2-7,9-10H,8H2,1H3,(H,18,19). The number of aromatic nitrogens is 3. The van der Waals surface area contributed by atoms with Gasteiger partial charge in [0.15, 0.2) is 0 Å². The van der Waals surface area contributed by atoms with Gasteiger partial charge in [-0.15, -0.1) is 0 Å². The molecule has 3 aromatic rings. The molecule has 0 atom stereocenters. The Balaban J connectivity index is 1.82. The lowest BCUT2D eigenvalue weighted by Gasteiger charge is -2.07. The second kappa shape index (κ2) is 6.79. The highest BCUT2D eigenvalue weighted by atomic mass is 79.9. The first kappa shape index (κ1) is 16.1. The van der Waals surface area contributed by atoms with Gasteiger partial charge in [0.1, 0.15) is 12.0 Å². The minimum absolute atomic E-state index is 0.0567. The summed E-state index contributed by atoms with van der Waals surface area (Å²) in [6.45, 7) is 0.501. The molecule has 0 bridgehead atoms.